The van der Waals surface area contributed by atoms with Crippen LogP contribution in [0.15, 0.2) is 18.3 Å². The lowest BCUT2D eigenvalue weighted by Crippen LogP contribution is -2.35. The normalized spacial score (nSPS) is 19.1. The molecular formula is C15H24N2O. The van der Waals surface area contributed by atoms with Crippen molar-refractivity contribution in [2.24, 2.45) is 0 Å². The van der Waals surface area contributed by atoms with E-state index in [4.69, 9.17) is 0 Å². The molecule has 0 unspecified atom stereocenters. The minimum absolute atomic E-state index is 0.0948. The van der Waals surface area contributed by atoms with Crippen molar-refractivity contribution >= 4 is 0 Å². The number of pyridine rings is 1. The number of rotatable bonds is 2. The molecule has 18 heavy (non-hydrogen) atoms. The lowest BCUT2D eigenvalue weighted by Gasteiger charge is -2.29. The van der Waals surface area contributed by atoms with Gasteiger partial charge in [0.15, 0.2) is 0 Å². The van der Waals surface area contributed by atoms with E-state index in [1.807, 2.05) is 6.20 Å². The number of hydrogen-bond donors (Lipinski definition) is 1. The SMILES string of the molecule is CC(C)(C)c1ccc(CN2CCC(O)CC2)cn1. The zero-order chi connectivity index (χ0) is 13.2. The molecule has 0 aliphatic carbocycles. The minimum Gasteiger partial charge on any atom is -0.393 e. The number of hydrogen-bond acceptors (Lipinski definition) is 3. The number of likely N-dealkylation sites (tertiary alicyclic amines) is 1. The van der Waals surface area contributed by atoms with Crippen LogP contribution in [-0.4, -0.2) is 34.2 Å². The van der Waals surface area contributed by atoms with Crippen LogP contribution in [0.5, 0.6) is 0 Å². The maximum atomic E-state index is 9.48. The Labute approximate surface area is 110 Å². The van der Waals surface area contributed by atoms with Crippen LogP contribution in [0.2, 0.25) is 0 Å². The quantitative estimate of drug-likeness (QED) is 0.872. The summed E-state index contributed by atoms with van der Waals surface area (Å²) in [4.78, 5) is 6.94. The van der Waals surface area contributed by atoms with Gasteiger partial charge in [-0.1, -0.05) is 26.8 Å². The second-order valence-corrected chi connectivity index (χ2v) is 6.31. The summed E-state index contributed by atoms with van der Waals surface area (Å²) in [5, 5.41) is 9.48. The molecule has 1 N–H and O–H groups in total. The molecule has 0 amide bonds. The van der Waals surface area contributed by atoms with E-state index in [1.54, 1.807) is 0 Å². The lowest BCUT2D eigenvalue weighted by atomic mass is 9.91. The van der Waals surface area contributed by atoms with Gasteiger partial charge in [0.25, 0.3) is 0 Å². The summed E-state index contributed by atoms with van der Waals surface area (Å²) in [5.41, 5.74) is 2.52. The van der Waals surface area contributed by atoms with E-state index in [-0.39, 0.29) is 11.5 Å². The molecule has 1 saturated heterocycles. The van der Waals surface area contributed by atoms with Crippen LogP contribution in [0.4, 0.5) is 0 Å². The van der Waals surface area contributed by atoms with Gasteiger partial charge in [0, 0.05) is 36.9 Å². The average molecular weight is 248 g/mol. The van der Waals surface area contributed by atoms with Gasteiger partial charge in [0.05, 0.1) is 6.10 Å². The summed E-state index contributed by atoms with van der Waals surface area (Å²) in [6, 6.07) is 4.31. The van der Waals surface area contributed by atoms with Crippen molar-refractivity contribution in [3.05, 3.63) is 29.6 Å². The van der Waals surface area contributed by atoms with Crippen molar-refractivity contribution in [2.45, 2.75) is 51.7 Å². The van der Waals surface area contributed by atoms with Crippen LogP contribution in [0.1, 0.15) is 44.9 Å². The average Bonchev–Trinajstić information content (AvgIpc) is 2.32. The first-order valence-corrected chi connectivity index (χ1v) is 6.81. The highest BCUT2D eigenvalue weighted by Gasteiger charge is 2.18. The Bertz CT molecular complexity index is 372. The Balaban J connectivity index is 1.94. The van der Waals surface area contributed by atoms with Gasteiger partial charge in [-0.25, -0.2) is 0 Å². The third-order valence-electron chi connectivity index (χ3n) is 3.56. The molecule has 0 saturated carbocycles. The first kappa shape index (κ1) is 13.5. The molecule has 0 spiro atoms. The molecular weight excluding hydrogens is 224 g/mol. The zero-order valence-electron chi connectivity index (χ0n) is 11.7. The summed E-state index contributed by atoms with van der Waals surface area (Å²) in [6.45, 7) is 9.47. The van der Waals surface area contributed by atoms with Gasteiger partial charge in [-0.2, -0.15) is 0 Å². The maximum Gasteiger partial charge on any atom is 0.0564 e. The van der Waals surface area contributed by atoms with Crippen LogP contribution in [-0.2, 0) is 12.0 Å². The van der Waals surface area contributed by atoms with E-state index in [1.165, 1.54) is 5.56 Å². The first-order chi connectivity index (χ1) is 8.45. The van der Waals surface area contributed by atoms with E-state index >= 15 is 0 Å². The van der Waals surface area contributed by atoms with Crippen molar-refractivity contribution in [2.75, 3.05) is 13.1 Å². The molecule has 1 aromatic rings. The smallest absolute Gasteiger partial charge is 0.0564 e. The first-order valence-electron chi connectivity index (χ1n) is 6.81. The van der Waals surface area contributed by atoms with Crippen molar-refractivity contribution in [1.82, 2.24) is 9.88 Å². The Hall–Kier alpha value is -0.930. The third kappa shape index (κ3) is 3.53. The number of aliphatic hydroxyl groups is 1. The molecule has 0 radical (unpaired) electrons. The molecule has 2 rings (SSSR count). The second-order valence-electron chi connectivity index (χ2n) is 6.31. The summed E-state index contributed by atoms with van der Waals surface area (Å²) in [5.74, 6) is 0. The summed E-state index contributed by atoms with van der Waals surface area (Å²) >= 11 is 0. The van der Waals surface area contributed by atoms with E-state index in [2.05, 4.69) is 42.8 Å². The van der Waals surface area contributed by atoms with Crippen LogP contribution in [0.3, 0.4) is 0 Å². The number of piperidine rings is 1. The minimum atomic E-state index is -0.0948. The Kier molecular flexibility index (Phi) is 4.03. The summed E-state index contributed by atoms with van der Waals surface area (Å²) < 4.78 is 0. The summed E-state index contributed by atoms with van der Waals surface area (Å²) in [7, 11) is 0. The lowest BCUT2D eigenvalue weighted by molar-refractivity contribution is 0.0792. The van der Waals surface area contributed by atoms with E-state index < -0.39 is 0 Å². The highest BCUT2D eigenvalue weighted by Crippen LogP contribution is 2.20. The predicted octanol–water partition coefficient (Wildman–Crippen LogP) is 2.34. The third-order valence-corrected chi connectivity index (χ3v) is 3.56. The van der Waals surface area contributed by atoms with E-state index in [9.17, 15) is 5.11 Å². The number of aliphatic hydroxyl groups excluding tert-OH is 1. The van der Waals surface area contributed by atoms with Crippen LogP contribution >= 0.6 is 0 Å². The molecule has 3 heteroatoms. The van der Waals surface area contributed by atoms with E-state index in [0.29, 0.717) is 0 Å². The number of nitrogens with zero attached hydrogens (tertiary/aromatic N) is 2. The maximum absolute atomic E-state index is 9.48. The number of aromatic nitrogens is 1. The van der Waals surface area contributed by atoms with E-state index in [0.717, 1.165) is 38.2 Å². The van der Waals surface area contributed by atoms with Gasteiger partial charge in [0.2, 0.25) is 0 Å². The summed E-state index contributed by atoms with van der Waals surface area (Å²) in [6.07, 6.45) is 3.69. The standard InChI is InChI=1S/C15H24N2O/c1-15(2,3)14-5-4-12(10-16-14)11-17-8-6-13(18)7-9-17/h4-5,10,13,18H,6-9,11H2,1-3H3. The largest absolute Gasteiger partial charge is 0.393 e. The van der Waals surface area contributed by atoms with Crippen molar-refractivity contribution in [3.63, 3.8) is 0 Å². The molecule has 0 atom stereocenters. The van der Waals surface area contributed by atoms with Crippen molar-refractivity contribution in [3.8, 4) is 0 Å². The van der Waals surface area contributed by atoms with Crippen molar-refractivity contribution in [1.29, 1.82) is 0 Å². The fraction of sp³-hybridized carbons (Fsp3) is 0.667. The van der Waals surface area contributed by atoms with Crippen molar-refractivity contribution < 1.29 is 5.11 Å². The molecule has 3 nitrogen and oxygen atoms in total. The fourth-order valence-corrected chi connectivity index (χ4v) is 2.30. The molecule has 1 aliphatic rings. The van der Waals surface area contributed by atoms with Gasteiger partial charge in [-0.15, -0.1) is 0 Å². The van der Waals surface area contributed by atoms with Crippen LogP contribution < -0.4 is 0 Å². The van der Waals surface area contributed by atoms with Gasteiger partial charge in [-0.05, 0) is 24.5 Å². The van der Waals surface area contributed by atoms with Crippen LogP contribution in [0.25, 0.3) is 0 Å². The van der Waals surface area contributed by atoms with Crippen LogP contribution in [0, 0.1) is 0 Å². The zero-order valence-corrected chi connectivity index (χ0v) is 11.7. The highest BCUT2D eigenvalue weighted by molar-refractivity contribution is 5.19. The Morgan fingerprint density at radius 1 is 1.28 bits per heavy atom. The van der Waals surface area contributed by atoms with Gasteiger partial charge in [-0.3, -0.25) is 9.88 Å². The molecule has 1 aliphatic heterocycles. The molecule has 1 aromatic heterocycles. The predicted molar refractivity (Wildman–Crippen MR) is 73.5 cm³/mol. The monoisotopic (exact) mass is 248 g/mol. The molecule has 0 bridgehead atoms. The second kappa shape index (κ2) is 5.37. The molecule has 1 fully saturated rings. The van der Waals surface area contributed by atoms with Gasteiger partial charge < -0.3 is 5.11 Å². The topological polar surface area (TPSA) is 36.4 Å². The fourth-order valence-electron chi connectivity index (χ4n) is 2.30. The van der Waals surface area contributed by atoms with Gasteiger partial charge in [0.1, 0.15) is 0 Å². The Morgan fingerprint density at radius 2 is 1.94 bits per heavy atom. The Morgan fingerprint density at radius 3 is 2.44 bits per heavy atom. The highest BCUT2D eigenvalue weighted by atomic mass is 16.3. The molecule has 100 valence electrons. The molecule has 2 heterocycles. The van der Waals surface area contributed by atoms with Gasteiger partial charge >= 0.3 is 0 Å². The molecule has 0 aromatic carbocycles.